The highest BCUT2D eigenvalue weighted by atomic mass is 32.2. The number of phenolic OH excluding ortho intramolecular Hbond substituents is 1. The number of rotatable bonds is 5. The van der Waals surface area contributed by atoms with Crippen LogP contribution in [0.3, 0.4) is 0 Å². The number of amides is 1. The van der Waals surface area contributed by atoms with Crippen molar-refractivity contribution in [2.75, 3.05) is 32.1 Å². The van der Waals surface area contributed by atoms with Crippen molar-refractivity contribution in [2.45, 2.75) is 24.0 Å². The van der Waals surface area contributed by atoms with Crippen LogP contribution in [0.15, 0.2) is 24.3 Å². The fraction of sp³-hybridized carbons (Fsp3) is 0.611. The number of nitrogens with zero attached hydrogens (tertiary/aromatic N) is 1. The first-order valence-electron chi connectivity index (χ1n) is 8.80. The van der Waals surface area contributed by atoms with E-state index < -0.39 is 14.6 Å². The molecule has 0 aromatic heterocycles. The van der Waals surface area contributed by atoms with Crippen LogP contribution in [-0.2, 0) is 14.6 Å². The fourth-order valence-corrected chi connectivity index (χ4v) is 6.33. The molecule has 6 nitrogen and oxygen atoms in total. The number of hydrogen-bond acceptors (Lipinski definition) is 5. The highest BCUT2D eigenvalue weighted by Gasteiger charge is 2.62. The van der Waals surface area contributed by atoms with Crippen LogP contribution in [0, 0.1) is 11.8 Å². The molecule has 1 aliphatic carbocycles. The first-order chi connectivity index (χ1) is 11.9. The number of hydrogen-bond donors (Lipinski definition) is 1. The predicted molar refractivity (Wildman–Crippen MR) is 92.2 cm³/mol. The Labute approximate surface area is 147 Å². The molecule has 3 fully saturated rings. The summed E-state index contributed by atoms with van der Waals surface area (Å²) in [5.74, 6) is 0.587. The lowest BCUT2D eigenvalue weighted by Gasteiger charge is -2.49. The summed E-state index contributed by atoms with van der Waals surface area (Å²) in [6.45, 7) is 1.63. The van der Waals surface area contributed by atoms with Crippen molar-refractivity contribution in [2.24, 2.45) is 11.8 Å². The van der Waals surface area contributed by atoms with Gasteiger partial charge in [0.1, 0.15) is 10.5 Å². The van der Waals surface area contributed by atoms with Gasteiger partial charge in [-0.15, -0.1) is 0 Å². The van der Waals surface area contributed by atoms with Crippen LogP contribution in [0.1, 0.15) is 29.6 Å². The van der Waals surface area contributed by atoms with Gasteiger partial charge in [-0.1, -0.05) is 6.07 Å². The van der Waals surface area contributed by atoms with Crippen molar-refractivity contribution in [3.8, 4) is 5.75 Å². The molecule has 2 saturated heterocycles. The summed E-state index contributed by atoms with van der Waals surface area (Å²) in [7, 11) is -3.21. The van der Waals surface area contributed by atoms with E-state index in [1.54, 1.807) is 17.0 Å². The Bertz CT molecular complexity index is 780. The van der Waals surface area contributed by atoms with Gasteiger partial charge in [0.2, 0.25) is 0 Å². The summed E-state index contributed by atoms with van der Waals surface area (Å²) in [4.78, 5) is 14.1. The normalized spacial score (nSPS) is 26.6. The van der Waals surface area contributed by atoms with E-state index in [1.165, 1.54) is 25.0 Å². The van der Waals surface area contributed by atoms with Gasteiger partial charge in [-0.2, -0.15) is 0 Å². The van der Waals surface area contributed by atoms with Crippen LogP contribution in [0.25, 0.3) is 0 Å². The lowest BCUT2D eigenvalue weighted by molar-refractivity contribution is 0.0228. The maximum Gasteiger partial charge on any atom is 0.254 e. The Morgan fingerprint density at radius 2 is 2.00 bits per heavy atom. The second-order valence-corrected chi connectivity index (χ2v) is 10.0. The Morgan fingerprint density at radius 3 is 2.68 bits per heavy atom. The van der Waals surface area contributed by atoms with Gasteiger partial charge in [-0.05, 0) is 43.4 Å². The molecule has 0 bridgehead atoms. The number of sulfone groups is 1. The van der Waals surface area contributed by atoms with Crippen molar-refractivity contribution in [1.29, 1.82) is 0 Å². The van der Waals surface area contributed by atoms with Gasteiger partial charge in [-0.25, -0.2) is 8.42 Å². The molecule has 3 aliphatic rings. The molecular formula is C18H23NO5S. The molecule has 1 aromatic rings. The summed E-state index contributed by atoms with van der Waals surface area (Å²) in [5, 5.41) is 9.53. The van der Waals surface area contributed by atoms with Crippen LogP contribution in [0.2, 0.25) is 0 Å². The summed E-state index contributed by atoms with van der Waals surface area (Å²) < 4.78 is 30.1. The van der Waals surface area contributed by atoms with Crippen molar-refractivity contribution in [1.82, 2.24) is 4.90 Å². The number of carbonyl (C=O) groups is 1. The first kappa shape index (κ1) is 16.8. The minimum atomic E-state index is -3.21. The van der Waals surface area contributed by atoms with Crippen LogP contribution in [-0.4, -0.2) is 61.1 Å². The quantitative estimate of drug-likeness (QED) is 0.854. The predicted octanol–water partition coefficient (Wildman–Crippen LogP) is 1.45. The first-order valence-corrected chi connectivity index (χ1v) is 10.4. The SMILES string of the molecule is O=C(c1cccc(O)c1)N1CC2(C1)C(COCC1CC1)CCS2(=O)=O. The number of phenols is 1. The molecule has 0 radical (unpaired) electrons. The molecule has 2 heterocycles. The summed E-state index contributed by atoms with van der Waals surface area (Å²) in [6.07, 6.45) is 3.03. The fourth-order valence-electron chi connectivity index (χ4n) is 3.93. The highest BCUT2D eigenvalue weighted by Crippen LogP contribution is 2.45. The number of likely N-dealkylation sites (tertiary alicyclic amines) is 1. The van der Waals surface area contributed by atoms with E-state index in [-0.39, 0.29) is 36.4 Å². The molecule has 1 amide bonds. The zero-order chi connectivity index (χ0) is 17.7. The number of aromatic hydroxyl groups is 1. The minimum absolute atomic E-state index is 0.0286. The van der Waals surface area contributed by atoms with Crippen LogP contribution in [0.5, 0.6) is 5.75 Å². The molecule has 25 heavy (non-hydrogen) atoms. The number of ether oxygens (including phenoxy) is 1. The van der Waals surface area contributed by atoms with Gasteiger partial charge in [0.15, 0.2) is 9.84 Å². The standard InChI is InChI=1S/C18H23NO5S/c20-16-3-1-2-14(8-16)17(21)19-11-18(12-19)15(6-7-25(18,22)23)10-24-9-13-4-5-13/h1-3,8,13,15,20H,4-7,9-12H2. The smallest absolute Gasteiger partial charge is 0.254 e. The monoisotopic (exact) mass is 365 g/mol. The third-order valence-corrected chi connectivity index (χ3v) is 8.37. The Morgan fingerprint density at radius 1 is 1.24 bits per heavy atom. The zero-order valence-corrected chi connectivity index (χ0v) is 14.9. The van der Waals surface area contributed by atoms with E-state index in [1.807, 2.05) is 0 Å². The van der Waals surface area contributed by atoms with E-state index in [0.717, 1.165) is 6.61 Å². The van der Waals surface area contributed by atoms with Crippen LogP contribution >= 0.6 is 0 Å². The van der Waals surface area contributed by atoms with Crippen molar-refractivity contribution in [3.05, 3.63) is 29.8 Å². The second kappa shape index (κ2) is 5.99. The molecule has 7 heteroatoms. The largest absolute Gasteiger partial charge is 0.508 e. The third-order valence-electron chi connectivity index (χ3n) is 5.77. The average Bonchev–Trinajstić information content (AvgIpc) is 3.30. The topological polar surface area (TPSA) is 83.9 Å². The van der Waals surface area contributed by atoms with E-state index in [4.69, 9.17) is 4.74 Å². The van der Waals surface area contributed by atoms with Gasteiger partial charge < -0.3 is 14.7 Å². The summed E-state index contributed by atoms with van der Waals surface area (Å²) in [5.41, 5.74) is 0.381. The molecular weight excluding hydrogens is 342 g/mol. The maximum atomic E-state index is 12.6. The van der Waals surface area contributed by atoms with Crippen LogP contribution in [0.4, 0.5) is 0 Å². The molecule has 1 atom stereocenters. The Hall–Kier alpha value is -1.60. The lowest BCUT2D eigenvalue weighted by Crippen LogP contribution is -2.68. The number of benzene rings is 1. The van der Waals surface area contributed by atoms with Gasteiger partial charge in [0.05, 0.1) is 12.4 Å². The van der Waals surface area contributed by atoms with E-state index in [2.05, 4.69) is 0 Å². The van der Waals surface area contributed by atoms with Gasteiger partial charge in [0.25, 0.3) is 5.91 Å². The molecule has 136 valence electrons. The van der Waals surface area contributed by atoms with Gasteiger partial charge >= 0.3 is 0 Å². The molecule has 1 unspecified atom stereocenters. The second-order valence-electron chi connectivity index (χ2n) is 7.56. The molecule has 1 spiro atoms. The van der Waals surface area contributed by atoms with E-state index >= 15 is 0 Å². The molecule has 1 aromatic carbocycles. The third kappa shape index (κ3) is 2.93. The molecule has 1 saturated carbocycles. The molecule has 4 rings (SSSR count). The van der Waals surface area contributed by atoms with Crippen LogP contribution < -0.4 is 0 Å². The van der Waals surface area contributed by atoms with Gasteiger partial charge in [0, 0.05) is 31.2 Å². The minimum Gasteiger partial charge on any atom is -0.508 e. The van der Waals surface area contributed by atoms with Crippen molar-refractivity contribution < 1.29 is 23.1 Å². The highest BCUT2D eigenvalue weighted by molar-refractivity contribution is 7.93. The molecule has 1 N–H and O–H groups in total. The Balaban J connectivity index is 1.44. The zero-order valence-electron chi connectivity index (χ0n) is 14.1. The van der Waals surface area contributed by atoms with E-state index in [0.29, 0.717) is 24.5 Å². The Kier molecular flexibility index (Phi) is 4.03. The van der Waals surface area contributed by atoms with Crippen molar-refractivity contribution in [3.63, 3.8) is 0 Å². The number of carbonyl (C=O) groups excluding carboxylic acids is 1. The molecule has 2 aliphatic heterocycles. The lowest BCUT2D eigenvalue weighted by atomic mass is 9.83. The van der Waals surface area contributed by atoms with Crippen molar-refractivity contribution >= 4 is 15.7 Å². The average molecular weight is 365 g/mol. The maximum absolute atomic E-state index is 12.6. The van der Waals surface area contributed by atoms with E-state index in [9.17, 15) is 18.3 Å². The summed E-state index contributed by atoms with van der Waals surface area (Å²) >= 11 is 0. The van der Waals surface area contributed by atoms with Gasteiger partial charge in [-0.3, -0.25) is 4.79 Å². The summed E-state index contributed by atoms with van der Waals surface area (Å²) in [6, 6.07) is 6.15.